The first-order chi connectivity index (χ1) is 10.5. The van der Waals surface area contributed by atoms with Crippen LogP contribution in [-0.2, 0) is 24.2 Å². The van der Waals surface area contributed by atoms with Gasteiger partial charge in [-0.15, -0.1) is 0 Å². The lowest BCUT2D eigenvalue weighted by molar-refractivity contribution is -0.125. The smallest absolute Gasteiger partial charge is 0.223 e. The predicted molar refractivity (Wildman–Crippen MR) is 79.1 cm³/mol. The normalized spacial score (nSPS) is 17.5. The Kier molecular flexibility index (Phi) is 3.96. The first-order valence-corrected chi connectivity index (χ1v) is 7.67. The lowest BCUT2D eigenvalue weighted by Gasteiger charge is -2.20. The third-order valence-electron chi connectivity index (χ3n) is 3.97. The molecule has 0 radical (unpaired) electrons. The highest BCUT2D eigenvalue weighted by Gasteiger charge is 2.27. The van der Waals surface area contributed by atoms with Crippen molar-refractivity contribution >= 4 is 5.91 Å². The van der Waals surface area contributed by atoms with Crippen molar-refractivity contribution in [2.24, 2.45) is 5.92 Å². The summed E-state index contributed by atoms with van der Waals surface area (Å²) >= 11 is 0. The van der Waals surface area contributed by atoms with Gasteiger partial charge < -0.3 is 14.8 Å². The number of rotatable bonds is 4. The minimum Gasteiger partial charge on any atom is -0.348 e. The van der Waals surface area contributed by atoms with Crippen molar-refractivity contribution in [3.8, 4) is 0 Å². The summed E-state index contributed by atoms with van der Waals surface area (Å²) in [6, 6.07) is 0. The topological polar surface area (TPSA) is 96.7 Å². The van der Waals surface area contributed by atoms with Crippen molar-refractivity contribution in [3.63, 3.8) is 0 Å². The Hall–Kier alpha value is -2.18. The minimum atomic E-state index is -0.0269. The molecule has 2 heterocycles. The molecule has 1 atom stereocenters. The summed E-state index contributed by atoms with van der Waals surface area (Å²) in [6.45, 7) is 6.26. The van der Waals surface area contributed by atoms with E-state index in [1.54, 1.807) is 6.92 Å². The predicted octanol–water partition coefficient (Wildman–Crippen LogP) is 1.65. The zero-order valence-electron chi connectivity index (χ0n) is 13.1. The average molecular weight is 303 g/mol. The summed E-state index contributed by atoms with van der Waals surface area (Å²) in [5, 5.41) is 6.66. The van der Waals surface area contributed by atoms with Crippen molar-refractivity contribution in [2.45, 2.75) is 52.5 Å². The van der Waals surface area contributed by atoms with Gasteiger partial charge in [-0.2, -0.15) is 4.98 Å². The molecule has 7 nitrogen and oxygen atoms in total. The quantitative estimate of drug-likeness (QED) is 0.895. The number of aromatic amines is 1. The number of aryl methyl sites for hydroxylation is 2. The zero-order valence-corrected chi connectivity index (χ0v) is 13.1. The van der Waals surface area contributed by atoms with Crippen LogP contribution in [0.3, 0.4) is 0 Å². The molecule has 1 aliphatic rings. The highest BCUT2D eigenvalue weighted by Crippen LogP contribution is 2.26. The molecule has 0 aliphatic heterocycles. The van der Waals surface area contributed by atoms with Crippen molar-refractivity contribution in [3.05, 3.63) is 28.9 Å². The number of amides is 1. The van der Waals surface area contributed by atoms with Gasteiger partial charge in [0, 0.05) is 30.9 Å². The summed E-state index contributed by atoms with van der Waals surface area (Å²) in [6.07, 6.45) is 2.39. The Morgan fingerprint density at radius 2 is 2.27 bits per heavy atom. The molecule has 2 aromatic rings. The molecular formula is C15H21N5O2. The monoisotopic (exact) mass is 303 g/mol. The average Bonchev–Trinajstić information content (AvgIpc) is 3.09. The van der Waals surface area contributed by atoms with Crippen LogP contribution < -0.4 is 5.32 Å². The maximum atomic E-state index is 12.3. The zero-order chi connectivity index (χ0) is 15.7. The molecule has 0 unspecified atom stereocenters. The molecular weight excluding hydrogens is 282 g/mol. The van der Waals surface area contributed by atoms with Gasteiger partial charge in [0.25, 0.3) is 0 Å². The van der Waals surface area contributed by atoms with Gasteiger partial charge in [0.2, 0.25) is 11.8 Å². The number of nitrogens with one attached hydrogen (secondary N) is 2. The van der Waals surface area contributed by atoms with E-state index in [9.17, 15) is 4.79 Å². The maximum Gasteiger partial charge on any atom is 0.223 e. The highest BCUT2D eigenvalue weighted by molar-refractivity contribution is 5.79. The molecule has 22 heavy (non-hydrogen) atoms. The fraction of sp³-hybridized carbons (Fsp3) is 0.600. The van der Waals surface area contributed by atoms with Crippen LogP contribution in [0.15, 0.2) is 4.52 Å². The standard InChI is InChI=1S/C15H21N5O2/c1-8(2)14-18-11-5-4-10(6-12(11)19-14)15(21)16-7-13-17-9(3)22-20-13/h8,10H,4-7H2,1-3H3,(H,16,21)(H,18,19)/t10-/m0/s1. The van der Waals surface area contributed by atoms with Crippen molar-refractivity contribution < 1.29 is 9.32 Å². The lowest BCUT2D eigenvalue weighted by atomic mass is 9.89. The highest BCUT2D eigenvalue weighted by atomic mass is 16.5. The van der Waals surface area contributed by atoms with E-state index in [4.69, 9.17) is 4.52 Å². The molecule has 3 rings (SSSR count). The molecule has 0 bridgehead atoms. The number of carbonyl (C=O) groups is 1. The second kappa shape index (κ2) is 5.90. The lowest BCUT2D eigenvalue weighted by Crippen LogP contribution is -2.34. The molecule has 118 valence electrons. The Bertz CT molecular complexity index is 673. The summed E-state index contributed by atoms with van der Waals surface area (Å²) in [4.78, 5) is 24.4. The largest absolute Gasteiger partial charge is 0.348 e. The fourth-order valence-electron chi connectivity index (χ4n) is 2.72. The minimum absolute atomic E-state index is 0.0269. The first-order valence-electron chi connectivity index (χ1n) is 7.67. The van der Waals surface area contributed by atoms with Crippen LogP contribution in [0, 0.1) is 12.8 Å². The summed E-state index contributed by atoms with van der Waals surface area (Å²) in [5.74, 6) is 2.40. The molecule has 1 amide bonds. The molecule has 0 spiro atoms. The molecule has 0 fully saturated rings. The van der Waals surface area contributed by atoms with Crippen LogP contribution in [0.1, 0.15) is 55.1 Å². The van der Waals surface area contributed by atoms with Crippen molar-refractivity contribution in [2.75, 3.05) is 0 Å². The van der Waals surface area contributed by atoms with Crippen LogP contribution in [0.4, 0.5) is 0 Å². The number of nitrogens with zero attached hydrogens (tertiary/aromatic N) is 3. The van der Waals surface area contributed by atoms with Crippen molar-refractivity contribution in [1.82, 2.24) is 25.4 Å². The Labute approximate surface area is 128 Å². The van der Waals surface area contributed by atoms with E-state index < -0.39 is 0 Å². The van der Waals surface area contributed by atoms with Gasteiger partial charge in [0.15, 0.2) is 5.82 Å². The van der Waals surface area contributed by atoms with E-state index >= 15 is 0 Å². The molecule has 2 aromatic heterocycles. The van der Waals surface area contributed by atoms with Crippen LogP contribution in [0.25, 0.3) is 0 Å². The van der Waals surface area contributed by atoms with Gasteiger partial charge in [-0.25, -0.2) is 4.98 Å². The molecule has 7 heteroatoms. The second-order valence-corrected chi connectivity index (χ2v) is 6.09. The van der Waals surface area contributed by atoms with Gasteiger partial charge in [-0.05, 0) is 12.8 Å². The van der Waals surface area contributed by atoms with E-state index in [0.717, 1.165) is 30.1 Å². The van der Waals surface area contributed by atoms with E-state index in [2.05, 4.69) is 39.3 Å². The fourth-order valence-corrected chi connectivity index (χ4v) is 2.72. The van der Waals surface area contributed by atoms with E-state index in [-0.39, 0.29) is 11.8 Å². The van der Waals surface area contributed by atoms with Gasteiger partial charge >= 0.3 is 0 Å². The maximum absolute atomic E-state index is 12.3. The van der Waals surface area contributed by atoms with Crippen LogP contribution in [0.5, 0.6) is 0 Å². The van der Waals surface area contributed by atoms with Crippen LogP contribution in [0.2, 0.25) is 0 Å². The molecule has 0 saturated heterocycles. The van der Waals surface area contributed by atoms with Crippen LogP contribution in [-0.4, -0.2) is 26.0 Å². The summed E-state index contributed by atoms with van der Waals surface area (Å²) < 4.78 is 4.89. The molecule has 0 saturated carbocycles. The second-order valence-electron chi connectivity index (χ2n) is 6.09. The van der Waals surface area contributed by atoms with E-state index in [1.165, 1.54) is 0 Å². The number of fused-ring (bicyclic) bond motifs is 1. The molecule has 1 aliphatic carbocycles. The summed E-state index contributed by atoms with van der Waals surface area (Å²) in [5.41, 5.74) is 2.21. The van der Waals surface area contributed by atoms with E-state index in [0.29, 0.717) is 30.6 Å². The molecule has 2 N–H and O–H groups in total. The number of hydrogen-bond acceptors (Lipinski definition) is 5. The Morgan fingerprint density at radius 1 is 1.45 bits per heavy atom. The first kappa shape index (κ1) is 14.7. The van der Waals surface area contributed by atoms with Crippen molar-refractivity contribution in [1.29, 1.82) is 0 Å². The Balaban J connectivity index is 1.60. The third kappa shape index (κ3) is 3.03. The van der Waals surface area contributed by atoms with Gasteiger partial charge in [-0.1, -0.05) is 19.0 Å². The number of imidazole rings is 1. The summed E-state index contributed by atoms with van der Waals surface area (Å²) in [7, 11) is 0. The third-order valence-corrected chi connectivity index (χ3v) is 3.97. The van der Waals surface area contributed by atoms with Gasteiger partial charge in [0.05, 0.1) is 12.2 Å². The number of hydrogen-bond donors (Lipinski definition) is 2. The van der Waals surface area contributed by atoms with Crippen LogP contribution >= 0.6 is 0 Å². The van der Waals surface area contributed by atoms with Gasteiger partial charge in [0.1, 0.15) is 5.82 Å². The number of carbonyl (C=O) groups excluding carboxylic acids is 1. The number of aromatic nitrogens is 4. The SMILES string of the molecule is Cc1nc(CNC(=O)[C@H]2CCc3nc(C(C)C)[nH]c3C2)no1. The Morgan fingerprint density at radius 3 is 2.95 bits per heavy atom. The van der Waals surface area contributed by atoms with Gasteiger partial charge in [-0.3, -0.25) is 4.79 Å². The van der Waals surface area contributed by atoms with E-state index in [1.807, 2.05) is 0 Å². The number of H-pyrrole nitrogens is 1. The molecule has 0 aromatic carbocycles.